The van der Waals surface area contributed by atoms with Gasteiger partial charge in [-0.05, 0) is 63.5 Å². The average Bonchev–Trinajstić information content (AvgIpc) is 2.77. The molecule has 2 rings (SSSR count). The number of carbonyl (C=O) groups is 3. The maximum absolute atomic E-state index is 12.7. The number of rotatable bonds is 10. The fraction of sp³-hybridized carbons (Fsp3) is 0.792. The van der Waals surface area contributed by atoms with Crippen LogP contribution in [0.15, 0.2) is 0 Å². The van der Waals surface area contributed by atoms with Gasteiger partial charge in [0.15, 0.2) is 0 Å². The Morgan fingerprint density at radius 2 is 1.97 bits per heavy atom. The van der Waals surface area contributed by atoms with Crippen LogP contribution in [-0.4, -0.2) is 61.5 Å². The van der Waals surface area contributed by atoms with E-state index in [-0.39, 0.29) is 24.2 Å². The molecule has 0 bridgehead atoms. The van der Waals surface area contributed by atoms with Gasteiger partial charge in [-0.1, -0.05) is 19.8 Å². The van der Waals surface area contributed by atoms with E-state index in [1.54, 1.807) is 0 Å². The largest absolute Gasteiger partial charge is 0.466 e. The van der Waals surface area contributed by atoms with Crippen molar-refractivity contribution in [1.82, 2.24) is 15.5 Å². The third-order valence-corrected chi connectivity index (χ3v) is 6.22. The molecule has 2 atom stereocenters. The van der Waals surface area contributed by atoms with Crippen molar-refractivity contribution < 1.29 is 19.1 Å². The molecule has 0 saturated carbocycles. The summed E-state index contributed by atoms with van der Waals surface area (Å²) < 4.78 is 5.19. The Kier molecular flexibility index (Phi) is 10.9. The second-order valence-electron chi connectivity index (χ2n) is 9.25. The van der Waals surface area contributed by atoms with Gasteiger partial charge in [-0.2, -0.15) is 0 Å². The topological polar surface area (TPSA) is 87.7 Å². The molecule has 2 fully saturated rings. The van der Waals surface area contributed by atoms with Crippen LogP contribution in [0.1, 0.15) is 65.2 Å². The van der Waals surface area contributed by atoms with Crippen molar-refractivity contribution in [1.29, 1.82) is 0 Å². The van der Waals surface area contributed by atoms with Crippen LogP contribution in [0.5, 0.6) is 0 Å². The van der Waals surface area contributed by atoms with Crippen molar-refractivity contribution in [2.75, 3.05) is 32.8 Å². The summed E-state index contributed by atoms with van der Waals surface area (Å²) >= 11 is 0. The highest BCUT2D eigenvalue weighted by molar-refractivity contribution is 5.82. The number of esters is 1. The zero-order valence-electron chi connectivity index (χ0n) is 19.2. The minimum absolute atomic E-state index is 0.0358. The lowest BCUT2D eigenvalue weighted by atomic mass is 9.92. The van der Waals surface area contributed by atoms with Gasteiger partial charge in [-0.3, -0.25) is 14.4 Å². The Bertz CT molecular complexity index is 637. The second kappa shape index (κ2) is 13.4. The van der Waals surface area contributed by atoms with Crippen molar-refractivity contribution >= 4 is 17.8 Å². The number of carbonyl (C=O) groups excluding carboxylic acids is 3. The molecule has 0 aromatic carbocycles. The summed E-state index contributed by atoms with van der Waals surface area (Å²) in [5.41, 5.74) is 0. The number of ether oxygens (including phenoxy) is 1. The number of amides is 2. The van der Waals surface area contributed by atoms with E-state index < -0.39 is 12.0 Å². The molecule has 2 aliphatic heterocycles. The van der Waals surface area contributed by atoms with E-state index in [9.17, 15) is 14.4 Å². The molecule has 7 heteroatoms. The van der Waals surface area contributed by atoms with Gasteiger partial charge in [-0.15, -0.1) is 6.42 Å². The van der Waals surface area contributed by atoms with Crippen LogP contribution in [-0.2, 0) is 19.1 Å². The van der Waals surface area contributed by atoms with E-state index in [0.717, 1.165) is 51.6 Å². The summed E-state index contributed by atoms with van der Waals surface area (Å²) in [5, 5.41) is 6.14. The van der Waals surface area contributed by atoms with Gasteiger partial charge in [0.25, 0.3) is 0 Å². The highest BCUT2D eigenvalue weighted by atomic mass is 16.5. The first-order valence-corrected chi connectivity index (χ1v) is 11.8. The summed E-state index contributed by atoms with van der Waals surface area (Å²) in [7, 11) is 0. The van der Waals surface area contributed by atoms with Crippen LogP contribution in [0.25, 0.3) is 0 Å². The lowest BCUT2D eigenvalue weighted by molar-refractivity contribution is -0.144. The van der Waals surface area contributed by atoms with Crippen molar-refractivity contribution in [3.8, 4) is 12.3 Å². The Morgan fingerprint density at radius 1 is 1.23 bits per heavy atom. The zero-order valence-corrected chi connectivity index (χ0v) is 19.2. The smallest absolute Gasteiger partial charge is 0.308 e. The highest BCUT2D eigenvalue weighted by Crippen LogP contribution is 2.21. The third kappa shape index (κ3) is 9.30. The van der Waals surface area contributed by atoms with E-state index in [1.165, 1.54) is 0 Å². The van der Waals surface area contributed by atoms with Crippen LogP contribution in [0.3, 0.4) is 0 Å². The Hall–Kier alpha value is -2.07. The Morgan fingerprint density at radius 3 is 2.65 bits per heavy atom. The Balaban J connectivity index is 1.75. The quantitative estimate of drug-likeness (QED) is 0.407. The summed E-state index contributed by atoms with van der Waals surface area (Å²) in [6, 6.07) is -0.690. The predicted octanol–water partition coefficient (Wildman–Crippen LogP) is 2.10. The van der Waals surface area contributed by atoms with Gasteiger partial charge in [0.2, 0.25) is 11.8 Å². The molecular formula is C24H39N3O4. The Labute approximate surface area is 187 Å². The normalized spacial score (nSPS) is 20.7. The van der Waals surface area contributed by atoms with E-state index >= 15 is 0 Å². The molecular weight excluding hydrogens is 394 g/mol. The third-order valence-electron chi connectivity index (χ3n) is 6.22. The molecule has 2 saturated heterocycles. The molecule has 2 aliphatic rings. The first-order chi connectivity index (χ1) is 14.9. The SMILES string of the molecule is C#C[C@H](CC(=O)OCCC(C)C)NC(=O)[C@@H]1CCCN(C(=O)CCC2CCNCC2)C1. The lowest BCUT2D eigenvalue weighted by Crippen LogP contribution is -2.47. The van der Waals surface area contributed by atoms with Crippen LogP contribution >= 0.6 is 0 Å². The molecule has 0 aromatic heterocycles. The summed E-state index contributed by atoms with van der Waals surface area (Å²) in [5.74, 6) is 2.80. The van der Waals surface area contributed by atoms with Crippen LogP contribution in [0.4, 0.5) is 0 Å². The first-order valence-electron chi connectivity index (χ1n) is 11.8. The van der Waals surface area contributed by atoms with Crippen LogP contribution < -0.4 is 10.6 Å². The molecule has 2 heterocycles. The maximum atomic E-state index is 12.7. The summed E-state index contributed by atoms with van der Waals surface area (Å²) in [6.07, 6.45) is 11.5. The van der Waals surface area contributed by atoms with Gasteiger partial charge in [0.05, 0.1) is 18.9 Å². The number of likely N-dealkylation sites (tertiary alicyclic amines) is 1. The number of nitrogens with one attached hydrogen (secondary N) is 2. The van der Waals surface area contributed by atoms with Crippen molar-refractivity contribution in [3.63, 3.8) is 0 Å². The summed E-state index contributed by atoms with van der Waals surface area (Å²) in [6.45, 7) is 7.67. The van der Waals surface area contributed by atoms with Crippen molar-refractivity contribution in [3.05, 3.63) is 0 Å². The molecule has 0 aliphatic carbocycles. The van der Waals surface area contributed by atoms with Gasteiger partial charge in [-0.25, -0.2) is 0 Å². The number of hydrogen-bond donors (Lipinski definition) is 2. The molecule has 0 unspecified atom stereocenters. The van der Waals surface area contributed by atoms with Gasteiger partial charge in [0.1, 0.15) is 6.04 Å². The number of hydrogen-bond acceptors (Lipinski definition) is 5. The van der Waals surface area contributed by atoms with Crippen LogP contribution in [0, 0.1) is 30.1 Å². The zero-order chi connectivity index (χ0) is 22.6. The molecule has 7 nitrogen and oxygen atoms in total. The molecule has 0 radical (unpaired) electrons. The predicted molar refractivity (Wildman–Crippen MR) is 120 cm³/mol. The monoisotopic (exact) mass is 433 g/mol. The molecule has 0 aromatic rings. The van der Waals surface area contributed by atoms with Crippen molar-refractivity contribution in [2.24, 2.45) is 17.8 Å². The molecule has 2 N–H and O–H groups in total. The fourth-order valence-electron chi connectivity index (χ4n) is 4.15. The lowest BCUT2D eigenvalue weighted by Gasteiger charge is -2.33. The van der Waals surface area contributed by atoms with Crippen molar-refractivity contribution in [2.45, 2.75) is 71.3 Å². The molecule has 2 amide bonds. The van der Waals surface area contributed by atoms with Crippen LogP contribution in [0.2, 0.25) is 0 Å². The van der Waals surface area contributed by atoms with E-state index in [4.69, 9.17) is 11.2 Å². The number of piperidine rings is 2. The standard InChI is InChI=1S/C24H39N3O4/c1-4-21(16-23(29)31-15-11-18(2)3)26-24(30)20-6-5-14-27(17-20)22(28)8-7-19-9-12-25-13-10-19/h1,18-21,25H,5-17H2,2-3H3,(H,26,30)/t20-,21-/m1/s1. The maximum Gasteiger partial charge on any atom is 0.308 e. The van der Waals surface area contributed by atoms with Gasteiger partial charge >= 0.3 is 5.97 Å². The van der Waals surface area contributed by atoms with Gasteiger partial charge < -0.3 is 20.3 Å². The van der Waals surface area contributed by atoms with Gasteiger partial charge in [0, 0.05) is 19.5 Å². The first kappa shape index (κ1) is 25.2. The average molecular weight is 434 g/mol. The second-order valence-corrected chi connectivity index (χ2v) is 9.25. The van der Waals surface area contributed by atoms with E-state index in [0.29, 0.717) is 38.0 Å². The molecule has 0 spiro atoms. The molecule has 174 valence electrons. The summed E-state index contributed by atoms with van der Waals surface area (Å²) in [4.78, 5) is 39.2. The molecule has 31 heavy (non-hydrogen) atoms. The number of nitrogens with zero attached hydrogens (tertiary/aromatic N) is 1. The number of terminal acetylenes is 1. The van der Waals surface area contributed by atoms with E-state index in [2.05, 4.69) is 30.4 Å². The highest BCUT2D eigenvalue weighted by Gasteiger charge is 2.30. The minimum atomic E-state index is -0.690. The fourth-order valence-corrected chi connectivity index (χ4v) is 4.15. The van der Waals surface area contributed by atoms with E-state index in [1.807, 2.05) is 4.90 Å². The minimum Gasteiger partial charge on any atom is -0.466 e.